The predicted octanol–water partition coefficient (Wildman–Crippen LogP) is 4.45. The lowest BCUT2D eigenvalue weighted by molar-refractivity contribution is -0.189. The lowest BCUT2D eigenvalue weighted by atomic mass is 9.90. The number of terminal acetylenes is 1. The van der Waals surface area contributed by atoms with Crippen molar-refractivity contribution in [2.75, 3.05) is 26.2 Å². The van der Waals surface area contributed by atoms with Gasteiger partial charge >= 0.3 is 6.03 Å². The molecule has 0 spiro atoms. The summed E-state index contributed by atoms with van der Waals surface area (Å²) in [6, 6.07) is 29.0. The van der Waals surface area contributed by atoms with E-state index < -0.39 is 12.2 Å². The molecule has 0 aliphatic carbocycles. The topological polar surface area (TPSA) is 76.2 Å². The summed E-state index contributed by atoms with van der Waals surface area (Å²) in [7, 11) is 0. The van der Waals surface area contributed by atoms with Crippen molar-refractivity contribution in [2.45, 2.75) is 50.9 Å². The number of hydrogen-bond donors (Lipinski definition) is 1. The second-order valence-corrected chi connectivity index (χ2v) is 11.1. The Morgan fingerprint density at radius 3 is 2.14 bits per heavy atom. The first-order valence-electron chi connectivity index (χ1n) is 15.0. The fraction of sp³-hybridized carbons (Fsp3) is 0.343. The molecule has 0 bridgehead atoms. The maximum atomic E-state index is 14.2. The highest BCUT2D eigenvalue weighted by Gasteiger charge is 2.51. The first kappa shape index (κ1) is 29.9. The molecule has 5 rings (SSSR count). The number of carbonyl (C=O) groups excluding carboxylic acids is 3. The van der Waals surface area contributed by atoms with Crippen molar-refractivity contribution in [2.24, 2.45) is 0 Å². The minimum atomic E-state index is -0.683. The highest BCUT2D eigenvalue weighted by molar-refractivity contribution is 5.91. The molecule has 0 unspecified atom stereocenters. The summed E-state index contributed by atoms with van der Waals surface area (Å²) in [5, 5.41) is 6.21. The van der Waals surface area contributed by atoms with E-state index in [4.69, 9.17) is 6.42 Å². The Hall–Kier alpha value is -4.61. The van der Waals surface area contributed by atoms with Crippen LogP contribution in [0, 0.1) is 12.3 Å². The summed E-state index contributed by atoms with van der Waals surface area (Å²) in [6.45, 7) is 3.03. The molecular formula is C35H39N5O3. The van der Waals surface area contributed by atoms with Gasteiger partial charge in [0.2, 0.25) is 11.8 Å². The van der Waals surface area contributed by atoms with Crippen molar-refractivity contribution >= 4 is 17.8 Å². The van der Waals surface area contributed by atoms with Gasteiger partial charge in [-0.1, -0.05) is 117 Å². The summed E-state index contributed by atoms with van der Waals surface area (Å²) >= 11 is 0. The van der Waals surface area contributed by atoms with Crippen LogP contribution in [0.25, 0.3) is 0 Å². The summed E-state index contributed by atoms with van der Waals surface area (Å²) in [4.78, 5) is 45.2. The van der Waals surface area contributed by atoms with Gasteiger partial charge in [0.1, 0.15) is 12.2 Å². The Balaban J connectivity index is 1.49. The van der Waals surface area contributed by atoms with E-state index in [-0.39, 0.29) is 43.4 Å². The van der Waals surface area contributed by atoms with Crippen LogP contribution in [0.1, 0.15) is 48.8 Å². The molecule has 2 aliphatic heterocycles. The number of nitrogens with zero attached hydrogens (tertiary/aromatic N) is 4. The van der Waals surface area contributed by atoms with E-state index in [9.17, 15) is 14.4 Å². The first-order valence-corrected chi connectivity index (χ1v) is 15.0. The lowest BCUT2D eigenvalue weighted by Crippen LogP contribution is -2.76. The standard InChI is InChI=1S/C35H39N5O3/c1-3-5-21-31-34(42)37(24-30(28-17-11-7-12-18-28)29-19-13-8-14-20-29)25-32-39(31)33(41)26-38(22-4-2)40(32)35(43)36-23-27-15-9-6-10-16-27/h2,6-20,30-32H,3,5,21-26H2,1H3,(H,36,43)/t31-,32-/m0/s1. The van der Waals surface area contributed by atoms with E-state index in [1.54, 1.807) is 14.9 Å². The van der Waals surface area contributed by atoms with Crippen LogP contribution >= 0.6 is 0 Å². The average Bonchev–Trinajstić information content (AvgIpc) is 3.04. The van der Waals surface area contributed by atoms with Gasteiger partial charge in [-0.05, 0) is 23.1 Å². The molecule has 4 amide bonds. The van der Waals surface area contributed by atoms with Crippen LogP contribution < -0.4 is 5.32 Å². The van der Waals surface area contributed by atoms with Gasteiger partial charge in [-0.15, -0.1) is 6.42 Å². The third kappa shape index (κ3) is 6.73. The predicted molar refractivity (Wildman–Crippen MR) is 166 cm³/mol. The Labute approximate surface area is 254 Å². The molecule has 2 aliphatic rings. The van der Waals surface area contributed by atoms with E-state index in [1.165, 1.54) is 0 Å². The molecule has 3 aromatic rings. The molecule has 43 heavy (non-hydrogen) atoms. The Morgan fingerprint density at radius 1 is 0.953 bits per heavy atom. The fourth-order valence-electron chi connectivity index (χ4n) is 6.12. The van der Waals surface area contributed by atoms with E-state index in [1.807, 2.05) is 71.6 Å². The second-order valence-electron chi connectivity index (χ2n) is 11.1. The van der Waals surface area contributed by atoms with Crippen molar-refractivity contribution in [1.29, 1.82) is 0 Å². The van der Waals surface area contributed by atoms with Gasteiger partial charge in [0.05, 0.1) is 19.6 Å². The van der Waals surface area contributed by atoms with Gasteiger partial charge in [-0.25, -0.2) is 9.80 Å². The summed E-state index contributed by atoms with van der Waals surface area (Å²) in [5.74, 6) is 2.26. The van der Waals surface area contributed by atoms with Gasteiger partial charge in [-0.2, -0.15) is 5.01 Å². The molecule has 2 heterocycles. The van der Waals surface area contributed by atoms with Gasteiger partial charge in [0, 0.05) is 19.0 Å². The number of hydrogen-bond acceptors (Lipinski definition) is 4. The van der Waals surface area contributed by atoms with E-state index in [0.29, 0.717) is 19.5 Å². The van der Waals surface area contributed by atoms with Crippen molar-refractivity contribution < 1.29 is 14.4 Å². The smallest absolute Gasteiger partial charge is 0.334 e. The maximum absolute atomic E-state index is 14.2. The second kappa shape index (κ2) is 14.0. The molecule has 1 N–H and O–H groups in total. The van der Waals surface area contributed by atoms with E-state index in [2.05, 4.69) is 42.4 Å². The number of amides is 4. The zero-order valence-electron chi connectivity index (χ0n) is 24.6. The molecule has 2 atom stereocenters. The zero-order chi connectivity index (χ0) is 30.2. The van der Waals surface area contributed by atoms with Gasteiger partial charge in [0.15, 0.2) is 0 Å². The Bertz CT molecular complexity index is 1390. The normalized spacial score (nSPS) is 18.9. The van der Waals surface area contributed by atoms with E-state index >= 15 is 0 Å². The van der Waals surface area contributed by atoms with Crippen LogP contribution in [-0.4, -0.2) is 76.0 Å². The Kier molecular flexibility index (Phi) is 9.75. The lowest BCUT2D eigenvalue weighted by Gasteiger charge is -2.55. The van der Waals surface area contributed by atoms with Crippen LogP contribution in [0.15, 0.2) is 91.0 Å². The molecule has 2 saturated heterocycles. The molecule has 8 nitrogen and oxygen atoms in total. The fourth-order valence-corrected chi connectivity index (χ4v) is 6.12. The molecule has 3 aromatic carbocycles. The van der Waals surface area contributed by atoms with Gasteiger partial charge in [0.25, 0.3) is 0 Å². The molecule has 2 fully saturated rings. The number of rotatable bonds is 10. The maximum Gasteiger partial charge on any atom is 0.334 e. The highest BCUT2D eigenvalue weighted by atomic mass is 16.2. The third-order valence-electron chi connectivity index (χ3n) is 8.24. The molecular weight excluding hydrogens is 538 g/mol. The van der Waals surface area contributed by atoms with Crippen LogP contribution in [0.2, 0.25) is 0 Å². The summed E-state index contributed by atoms with van der Waals surface area (Å²) in [6.07, 6.45) is 7.22. The third-order valence-corrected chi connectivity index (χ3v) is 8.24. The largest absolute Gasteiger partial charge is 0.336 e. The number of urea groups is 1. The minimum absolute atomic E-state index is 0.0635. The van der Waals surface area contributed by atoms with Crippen LogP contribution in [0.3, 0.4) is 0 Å². The SMILES string of the molecule is C#CCN1CC(=O)N2[C@@H](CCCC)C(=O)N(CC(c3ccccc3)c3ccccc3)C[C@@H]2N1C(=O)NCc1ccccc1. The van der Waals surface area contributed by atoms with Crippen molar-refractivity contribution in [3.8, 4) is 12.3 Å². The number of fused-ring (bicyclic) bond motifs is 1. The molecule has 8 heteroatoms. The number of carbonyl (C=O) groups is 3. The summed E-state index contributed by atoms with van der Waals surface area (Å²) < 4.78 is 0. The van der Waals surface area contributed by atoms with Crippen LogP contribution in [0.4, 0.5) is 4.79 Å². The quantitative estimate of drug-likeness (QED) is 0.362. The molecule has 0 aromatic heterocycles. The van der Waals surface area contributed by atoms with Crippen LogP contribution in [-0.2, 0) is 16.1 Å². The number of nitrogens with one attached hydrogen (secondary N) is 1. The highest BCUT2D eigenvalue weighted by Crippen LogP contribution is 2.32. The monoisotopic (exact) mass is 577 g/mol. The van der Waals surface area contributed by atoms with Crippen molar-refractivity contribution in [3.05, 3.63) is 108 Å². The average molecular weight is 578 g/mol. The number of unbranched alkanes of at least 4 members (excludes halogenated alkanes) is 1. The van der Waals surface area contributed by atoms with Crippen LogP contribution in [0.5, 0.6) is 0 Å². The number of benzene rings is 3. The molecule has 222 valence electrons. The molecule has 0 saturated carbocycles. The van der Waals surface area contributed by atoms with Crippen molar-refractivity contribution in [1.82, 2.24) is 25.1 Å². The minimum Gasteiger partial charge on any atom is -0.336 e. The van der Waals surface area contributed by atoms with Crippen molar-refractivity contribution in [3.63, 3.8) is 0 Å². The molecule has 0 radical (unpaired) electrons. The number of piperazine rings is 1. The van der Waals surface area contributed by atoms with E-state index in [0.717, 1.165) is 29.5 Å². The van der Waals surface area contributed by atoms with Gasteiger partial charge in [-0.3, -0.25) is 9.59 Å². The Morgan fingerprint density at radius 2 is 1.56 bits per heavy atom. The van der Waals surface area contributed by atoms with Gasteiger partial charge < -0.3 is 15.1 Å². The first-order chi connectivity index (χ1) is 21.0. The zero-order valence-corrected chi connectivity index (χ0v) is 24.6. The summed E-state index contributed by atoms with van der Waals surface area (Å²) in [5.41, 5.74) is 3.15. The number of hydrazine groups is 1.